The summed E-state index contributed by atoms with van der Waals surface area (Å²) >= 11 is 0. The molecular formula is C18H37NO3. The van der Waals surface area contributed by atoms with Crippen molar-refractivity contribution in [3.05, 3.63) is 0 Å². The molecule has 0 bridgehead atoms. The first-order chi connectivity index (χ1) is 10.5. The second kappa shape index (κ2) is 13.9. The molecule has 0 aromatic rings. The van der Waals surface area contributed by atoms with Crippen LogP contribution >= 0.6 is 0 Å². The number of carbonyl (C=O) groups excluding carboxylic acids is 1. The molecule has 0 aromatic carbocycles. The van der Waals surface area contributed by atoms with Crippen molar-refractivity contribution in [1.29, 1.82) is 0 Å². The first-order valence-corrected chi connectivity index (χ1v) is 9.03. The smallest absolute Gasteiger partial charge is 0.407 e. The molecule has 0 rings (SSSR count). The van der Waals surface area contributed by atoms with Crippen LogP contribution in [0.5, 0.6) is 0 Å². The lowest BCUT2D eigenvalue weighted by Crippen LogP contribution is -2.32. The Morgan fingerprint density at radius 2 is 1.23 bits per heavy atom. The van der Waals surface area contributed by atoms with Gasteiger partial charge in [-0.3, -0.25) is 0 Å². The molecule has 2 N–H and O–H groups in total. The molecule has 4 nitrogen and oxygen atoms in total. The standard InChI is InChI=1S/C18H37NO3/c1-18(2,3)22-17(21)19-15-13-11-9-7-5-4-6-8-10-12-14-16-20/h20H,4-16H2,1-3H3,(H,19,21). The average Bonchev–Trinajstić information content (AvgIpc) is 2.42. The van der Waals surface area contributed by atoms with Crippen LogP contribution in [0.25, 0.3) is 0 Å². The van der Waals surface area contributed by atoms with Gasteiger partial charge in [0.15, 0.2) is 0 Å². The van der Waals surface area contributed by atoms with E-state index in [2.05, 4.69) is 5.32 Å². The minimum atomic E-state index is -0.415. The van der Waals surface area contributed by atoms with Gasteiger partial charge in [0.25, 0.3) is 0 Å². The summed E-state index contributed by atoms with van der Waals surface area (Å²) in [5.41, 5.74) is -0.415. The Balaban J connectivity index is 3.16. The molecule has 0 saturated carbocycles. The van der Waals surface area contributed by atoms with Gasteiger partial charge in [-0.2, -0.15) is 0 Å². The van der Waals surface area contributed by atoms with Crippen LogP contribution in [0.15, 0.2) is 0 Å². The maximum atomic E-state index is 11.4. The molecule has 0 aliphatic heterocycles. The Bertz CT molecular complexity index is 262. The zero-order valence-corrected chi connectivity index (χ0v) is 15.0. The molecule has 0 aliphatic carbocycles. The lowest BCUT2D eigenvalue weighted by Gasteiger charge is -2.19. The van der Waals surface area contributed by atoms with E-state index in [9.17, 15) is 4.79 Å². The fourth-order valence-corrected chi connectivity index (χ4v) is 2.33. The predicted molar refractivity (Wildman–Crippen MR) is 92.1 cm³/mol. The number of aliphatic hydroxyl groups excluding tert-OH is 1. The van der Waals surface area contributed by atoms with Gasteiger partial charge in [-0.1, -0.05) is 57.8 Å². The van der Waals surface area contributed by atoms with Crippen molar-refractivity contribution in [3.8, 4) is 0 Å². The van der Waals surface area contributed by atoms with E-state index >= 15 is 0 Å². The summed E-state index contributed by atoms with van der Waals surface area (Å²) in [6.45, 7) is 6.67. The van der Waals surface area contributed by atoms with Crippen LogP contribution in [0, 0.1) is 0 Å². The summed E-state index contributed by atoms with van der Waals surface area (Å²) in [5, 5.41) is 11.5. The van der Waals surface area contributed by atoms with Gasteiger partial charge in [0, 0.05) is 13.2 Å². The fraction of sp³-hybridized carbons (Fsp3) is 0.944. The van der Waals surface area contributed by atoms with Crippen molar-refractivity contribution >= 4 is 6.09 Å². The number of unbranched alkanes of at least 4 members (excludes halogenated alkanes) is 10. The molecule has 0 unspecified atom stereocenters. The van der Waals surface area contributed by atoms with Crippen LogP contribution < -0.4 is 5.32 Å². The van der Waals surface area contributed by atoms with Crippen molar-refractivity contribution in [2.45, 2.75) is 97.0 Å². The van der Waals surface area contributed by atoms with Crippen LogP contribution in [-0.2, 0) is 4.74 Å². The quantitative estimate of drug-likeness (QED) is 0.480. The van der Waals surface area contributed by atoms with Crippen molar-refractivity contribution in [2.75, 3.05) is 13.2 Å². The summed E-state index contributed by atoms with van der Waals surface area (Å²) in [5.74, 6) is 0. The minimum absolute atomic E-state index is 0.311. The maximum absolute atomic E-state index is 11.4. The van der Waals surface area contributed by atoms with E-state index in [1.807, 2.05) is 20.8 Å². The molecule has 132 valence electrons. The molecule has 0 fully saturated rings. The third-order valence-electron chi connectivity index (χ3n) is 3.50. The van der Waals surface area contributed by atoms with Gasteiger partial charge in [0.05, 0.1) is 0 Å². The van der Waals surface area contributed by atoms with E-state index in [4.69, 9.17) is 9.84 Å². The lowest BCUT2D eigenvalue weighted by molar-refractivity contribution is 0.0527. The Kier molecular flexibility index (Phi) is 13.4. The molecule has 0 spiro atoms. The molecule has 0 saturated heterocycles. The van der Waals surface area contributed by atoms with Gasteiger partial charge in [-0.15, -0.1) is 0 Å². The molecular weight excluding hydrogens is 278 g/mol. The molecule has 0 heterocycles. The topological polar surface area (TPSA) is 58.6 Å². The SMILES string of the molecule is CC(C)(C)OC(=O)NCCCCCCCCCCCCCO. The maximum Gasteiger partial charge on any atom is 0.407 e. The highest BCUT2D eigenvalue weighted by Gasteiger charge is 2.15. The van der Waals surface area contributed by atoms with Crippen molar-refractivity contribution in [2.24, 2.45) is 0 Å². The summed E-state index contributed by atoms with van der Waals surface area (Å²) in [6, 6.07) is 0. The predicted octanol–water partition coefficient (Wildman–Crippen LogP) is 4.79. The van der Waals surface area contributed by atoms with E-state index in [1.165, 1.54) is 57.8 Å². The van der Waals surface area contributed by atoms with Gasteiger partial charge in [-0.25, -0.2) is 4.79 Å². The van der Waals surface area contributed by atoms with Gasteiger partial charge in [0.1, 0.15) is 5.60 Å². The highest BCUT2D eigenvalue weighted by Crippen LogP contribution is 2.11. The molecule has 1 amide bonds. The highest BCUT2D eigenvalue weighted by molar-refractivity contribution is 5.67. The van der Waals surface area contributed by atoms with E-state index < -0.39 is 5.60 Å². The Morgan fingerprint density at radius 1 is 0.818 bits per heavy atom. The molecule has 0 radical (unpaired) electrons. The number of carbonyl (C=O) groups is 1. The Labute approximate surface area is 137 Å². The number of aliphatic hydroxyl groups is 1. The monoisotopic (exact) mass is 315 g/mol. The summed E-state index contributed by atoms with van der Waals surface area (Å²) < 4.78 is 5.18. The van der Waals surface area contributed by atoms with E-state index in [0.29, 0.717) is 13.2 Å². The Hall–Kier alpha value is -0.770. The number of alkyl carbamates (subject to hydrolysis) is 1. The molecule has 0 aliphatic rings. The van der Waals surface area contributed by atoms with E-state index in [0.717, 1.165) is 12.8 Å². The number of amides is 1. The fourth-order valence-electron chi connectivity index (χ4n) is 2.33. The van der Waals surface area contributed by atoms with Crippen LogP contribution in [0.3, 0.4) is 0 Å². The average molecular weight is 315 g/mol. The van der Waals surface area contributed by atoms with Crippen LogP contribution in [0.2, 0.25) is 0 Å². The summed E-state index contributed by atoms with van der Waals surface area (Å²) in [6.07, 6.45) is 13.1. The molecule has 0 atom stereocenters. The zero-order chi connectivity index (χ0) is 16.7. The summed E-state index contributed by atoms with van der Waals surface area (Å²) in [4.78, 5) is 11.4. The minimum Gasteiger partial charge on any atom is -0.444 e. The van der Waals surface area contributed by atoms with Gasteiger partial charge in [-0.05, 0) is 33.6 Å². The van der Waals surface area contributed by atoms with Crippen molar-refractivity contribution in [1.82, 2.24) is 5.32 Å². The van der Waals surface area contributed by atoms with Crippen LogP contribution in [-0.4, -0.2) is 30.0 Å². The zero-order valence-electron chi connectivity index (χ0n) is 15.0. The largest absolute Gasteiger partial charge is 0.444 e. The van der Waals surface area contributed by atoms with Crippen LogP contribution in [0.1, 0.15) is 91.4 Å². The number of hydrogen-bond donors (Lipinski definition) is 2. The molecule has 4 heteroatoms. The summed E-state index contributed by atoms with van der Waals surface area (Å²) in [7, 11) is 0. The third-order valence-corrected chi connectivity index (χ3v) is 3.50. The highest BCUT2D eigenvalue weighted by atomic mass is 16.6. The second-order valence-electron chi connectivity index (χ2n) is 7.04. The van der Waals surface area contributed by atoms with Crippen molar-refractivity contribution in [3.63, 3.8) is 0 Å². The van der Waals surface area contributed by atoms with Gasteiger partial charge >= 0.3 is 6.09 Å². The van der Waals surface area contributed by atoms with Crippen LogP contribution in [0.4, 0.5) is 4.79 Å². The number of rotatable bonds is 13. The normalized spacial score (nSPS) is 11.5. The Morgan fingerprint density at radius 3 is 1.64 bits per heavy atom. The third kappa shape index (κ3) is 17.3. The van der Waals surface area contributed by atoms with E-state index in [1.54, 1.807) is 0 Å². The van der Waals surface area contributed by atoms with Gasteiger partial charge in [0.2, 0.25) is 0 Å². The lowest BCUT2D eigenvalue weighted by atomic mass is 10.1. The second-order valence-corrected chi connectivity index (χ2v) is 7.04. The first kappa shape index (κ1) is 21.2. The van der Waals surface area contributed by atoms with E-state index in [-0.39, 0.29) is 6.09 Å². The number of ether oxygens (including phenoxy) is 1. The van der Waals surface area contributed by atoms with Gasteiger partial charge < -0.3 is 15.2 Å². The van der Waals surface area contributed by atoms with Crippen molar-refractivity contribution < 1.29 is 14.6 Å². The molecule has 0 aromatic heterocycles. The first-order valence-electron chi connectivity index (χ1n) is 9.03. The number of hydrogen-bond acceptors (Lipinski definition) is 3. The number of nitrogens with one attached hydrogen (secondary N) is 1. The molecule has 22 heavy (non-hydrogen) atoms.